The minimum absolute atomic E-state index is 0.253. The van der Waals surface area contributed by atoms with Crippen LogP contribution < -0.4 is 14.8 Å². The van der Waals surface area contributed by atoms with Gasteiger partial charge in [0, 0.05) is 35.0 Å². The Morgan fingerprint density at radius 3 is 2.30 bits per heavy atom. The van der Waals surface area contributed by atoms with Gasteiger partial charge in [-0.15, -0.1) is 0 Å². The van der Waals surface area contributed by atoms with E-state index < -0.39 is 0 Å². The Kier molecular flexibility index (Phi) is 5.66. The molecule has 2 aromatic carbocycles. The molecular formula is C18H18ClNO3. The van der Waals surface area contributed by atoms with Gasteiger partial charge in [-0.2, -0.15) is 0 Å². The van der Waals surface area contributed by atoms with E-state index in [4.69, 9.17) is 21.1 Å². The fourth-order valence-electron chi connectivity index (χ4n) is 1.95. The second kappa shape index (κ2) is 7.70. The van der Waals surface area contributed by atoms with Crippen LogP contribution in [0.1, 0.15) is 11.1 Å². The molecule has 0 aliphatic rings. The van der Waals surface area contributed by atoms with E-state index in [2.05, 4.69) is 5.32 Å². The number of nitrogens with one attached hydrogen (secondary N) is 1. The summed E-state index contributed by atoms with van der Waals surface area (Å²) in [6.07, 6.45) is 3.16. The van der Waals surface area contributed by atoms with Gasteiger partial charge in [0.15, 0.2) is 0 Å². The molecular weight excluding hydrogens is 314 g/mol. The summed E-state index contributed by atoms with van der Waals surface area (Å²) in [6, 6.07) is 10.8. The fraction of sp³-hybridized carbons (Fsp3) is 0.167. The molecule has 2 aromatic rings. The predicted octanol–water partition coefficient (Wildman–Crippen LogP) is 4.32. The molecule has 0 radical (unpaired) electrons. The maximum atomic E-state index is 12.0. The van der Waals surface area contributed by atoms with Gasteiger partial charge in [0.05, 0.1) is 14.2 Å². The second-order valence-electron chi connectivity index (χ2n) is 4.93. The maximum absolute atomic E-state index is 12.0. The Hall–Kier alpha value is -2.46. The first kappa shape index (κ1) is 16.9. The van der Waals surface area contributed by atoms with E-state index in [1.54, 1.807) is 38.5 Å². The summed E-state index contributed by atoms with van der Waals surface area (Å²) in [6.45, 7) is 1.93. The number of hydrogen-bond donors (Lipinski definition) is 1. The molecule has 0 saturated carbocycles. The summed E-state index contributed by atoms with van der Waals surface area (Å²) in [7, 11) is 3.11. The van der Waals surface area contributed by atoms with Crippen molar-refractivity contribution in [1.82, 2.24) is 0 Å². The van der Waals surface area contributed by atoms with Gasteiger partial charge >= 0.3 is 0 Å². The van der Waals surface area contributed by atoms with Gasteiger partial charge in [-0.05, 0) is 30.2 Å². The van der Waals surface area contributed by atoms with Crippen LogP contribution in [0.2, 0.25) is 5.02 Å². The van der Waals surface area contributed by atoms with Crippen molar-refractivity contribution in [2.45, 2.75) is 6.92 Å². The number of benzene rings is 2. The molecule has 1 amide bonds. The Labute approximate surface area is 140 Å². The lowest BCUT2D eigenvalue weighted by atomic mass is 10.1. The van der Waals surface area contributed by atoms with E-state index in [-0.39, 0.29) is 5.91 Å². The van der Waals surface area contributed by atoms with Crippen LogP contribution in [0, 0.1) is 6.92 Å². The Morgan fingerprint density at radius 1 is 1.09 bits per heavy atom. The molecule has 0 atom stereocenters. The number of aryl methyl sites for hydroxylation is 1. The van der Waals surface area contributed by atoms with Crippen molar-refractivity contribution in [3.63, 3.8) is 0 Å². The molecule has 0 spiro atoms. The van der Waals surface area contributed by atoms with Crippen molar-refractivity contribution in [1.29, 1.82) is 0 Å². The fourth-order valence-corrected chi connectivity index (χ4v) is 2.14. The van der Waals surface area contributed by atoms with Crippen LogP contribution in [-0.2, 0) is 4.79 Å². The summed E-state index contributed by atoms with van der Waals surface area (Å²) >= 11 is 6.06. The molecule has 0 aromatic heterocycles. The molecule has 0 fully saturated rings. The normalized spacial score (nSPS) is 10.6. The highest BCUT2D eigenvalue weighted by Crippen LogP contribution is 2.25. The summed E-state index contributed by atoms with van der Waals surface area (Å²) in [5.74, 6) is 0.958. The zero-order valence-electron chi connectivity index (χ0n) is 13.2. The minimum Gasteiger partial charge on any atom is -0.497 e. The highest BCUT2D eigenvalue weighted by atomic mass is 35.5. The largest absolute Gasteiger partial charge is 0.497 e. The van der Waals surface area contributed by atoms with Gasteiger partial charge in [-0.1, -0.05) is 23.7 Å². The zero-order valence-corrected chi connectivity index (χ0v) is 14.0. The van der Waals surface area contributed by atoms with Crippen molar-refractivity contribution >= 4 is 29.3 Å². The number of halogens is 1. The van der Waals surface area contributed by atoms with Gasteiger partial charge in [0.1, 0.15) is 11.5 Å². The molecule has 0 bridgehead atoms. The van der Waals surface area contributed by atoms with Gasteiger partial charge in [-0.3, -0.25) is 4.79 Å². The number of carbonyl (C=O) groups is 1. The summed E-state index contributed by atoms with van der Waals surface area (Å²) in [5, 5.41) is 3.44. The predicted molar refractivity (Wildman–Crippen MR) is 93.4 cm³/mol. The lowest BCUT2D eigenvalue weighted by Gasteiger charge is -2.08. The first-order valence-electron chi connectivity index (χ1n) is 7.00. The van der Waals surface area contributed by atoms with Gasteiger partial charge in [-0.25, -0.2) is 0 Å². The number of hydrogen-bond acceptors (Lipinski definition) is 3. The van der Waals surface area contributed by atoms with Crippen LogP contribution >= 0.6 is 11.6 Å². The summed E-state index contributed by atoms with van der Waals surface area (Å²) < 4.78 is 10.3. The van der Waals surface area contributed by atoms with Crippen molar-refractivity contribution in [2.75, 3.05) is 19.5 Å². The molecule has 120 valence electrons. The van der Waals surface area contributed by atoms with Crippen molar-refractivity contribution in [3.05, 3.63) is 58.6 Å². The highest BCUT2D eigenvalue weighted by Gasteiger charge is 2.04. The van der Waals surface area contributed by atoms with Crippen molar-refractivity contribution < 1.29 is 14.3 Å². The standard InChI is InChI=1S/C18H18ClNO3/c1-12-4-5-13(8-17(12)19)6-7-18(21)20-14-9-15(22-2)11-16(10-14)23-3/h4-11H,1-3H3,(H,20,21)/b7-6+. The van der Waals surface area contributed by atoms with E-state index in [9.17, 15) is 4.79 Å². The monoisotopic (exact) mass is 331 g/mol. The quantitative estimate of drug-likeness (QED) is 0.830. The van der Waals surface area contributed by atoms with Gasteiger partial charge in [0.2, 0.25) is 5.91 Å². The van der Waals surface area contributed by atoms with E-state index in [1.807, 2.05) is 25.1 Å². The molecule has 2 rings (SSSR count). The third-order valence-electron chi connectivity index (χ3n) is 3.24. The number of carbonyl (C=O) groups excluding carboxylic acids is 1. The molecule has 4 nitrogen and oxygen atoms in total. The van der Waals surface area contributed by atoms with Crippen LogP contribution in [0.15, 0.2) is 42.5 Å². The lowest BCUT2D eigenvalue weighted by Crippen LogP contribution is -2.08. The Balaban J connectivity index is 2.09. The Bertz CT molecular complexity index is 719. The third kappa shape index (κ3) is 4.76. The van der Waals surface area contributed by atoms with Crippen LogP contribution in [0.25, 0.3) is 6.08 Å². The average Bonchev–Trinajstić information content (AvgIpc) is 2.55. The average molecular weight is 332 g/mol. The van der Waals surface area contributed by atoms with Gasteiger partial charge < -0.3 is 14.8 Å². The van der Waals surface area contributed by atoms with Crippen LogP contribution in [-0.4, -0.2) is 20.1 Å². The van der Waals surface area contributed by atoms with E-state index in [0.717, 1.165) is 11.1 Å². The molecule has 0 unspecified atom stereocenters. The van der Waals surface area contributed by atoms with E-state index in [0.29, 0.717) is 22.2 Å². The minimum atomic E-state index is -0.253. The molecule has 0 aliphatic carbocycles. The molecule has 1 N–H and O–H groups in total. The number of ether oxygens (including phenoxy) is 2. The molecule has 0 heterocycles. The number of methoxy groups -OCH3 is 2. The smallest absolute Gasteiger partial charge is 0.248 e. The Morgan fingerprint density at radius 2 is 1.74 bits per heavy atom. The van der Waals surface area contributed by atoms with Gasteiger partial charge in [0.25, 0.3) is 0 Å². The zero-order chi connectivity index (χ0) is 16.8. The number of amides is 1. The summed E-state index contributed by atoms with van der Waals surface area (Å²) in [4.78, 5) is 12.0. The number of anilines is 1. The van der Waals surface area contributed by atoms with E-state index >= 15 is 0 Å². The van der Waals surface area contributed by atoms with Crippen molar-refractivity contribution in [2.24, 2.45) is 0 Å². The lowest BCUT2D eigenvalue weighted by molar-refractivity contribution is -0.111. The van der Waals surface area contributed by atoms with E-state index in [1.165, 1.54) is 6.08 Å². The third-order valence-corrected chi connectivity index (χ3v) is 3.65. The topological polar surface area (TPSA) is 47.6 Å². The van der Waals surface area contributed by atoms with Crippen LogP contribution in [0.4, 0.5) is 5.69 Å². The van der Waals surface area contributed by atoms with Crippen LogP contribution in [0.5, 0.6) is 11.5 Å². The maximum Gasteiger partial charge on any atom is 0.248 e. The first-order chi connectivity index (χ1) is 11.0. The highest BCUT2D eigenvalue weighted by molar-refractivity contribution is 6.31. The molecule has 0 aliphatic heterocycles. The SMILES string of the molecule is COc1cc(NC(=O)/C=C/c2ccc(C)c(Cl)c2)cc(OC)c1. The van der Waals surface area contributed by atoms with Crippen LogP contribution in [0.3, 0.4) is 0 Å². The summed E-state index contributed by atoms with van der Waals surface area (Å²) in [5.41, 5.74) is 2.45. The second-order valence-corrected chi connectivity index (χ2v) is 5.34. The first-order valence-corrected chi connectivity index (χ1v) is 7.38. The van der Waals surface area contributed by atoms with Crippen molar-refractivity contribution in [3.8, 4) is 11.5 Å². The molecule has 23 heavy (non-hydrogen) atoms. The molecule has 0 saturated heterocycles. The molecule has 5 heteroatoms. The number of rotatable bonds is 5.